The minimum atomic E-state index is -3.78. The molecule has 1 saturated heterocycles. The van der Waals surface area contributed by atoms with Gasteiger partial charge in [0.1, 0.15) is 10.6 Å². The van der Waals surface area contributed by atoms with E-state index in [1.165, 1.54) is 42.6 Å². The zero-order valence-electron chi connectivity index (χ0n) is 18.0. The van der Waals surface area contributed by atoms with Crippen molar-refractivity contribution in [1.82, 2.24) is 4.31 Å². The lowest BCUT2D eigenvalue weighted by molar-refractivity contribution is 0.102. The van der Waals surface area contributed by atoms with Crippen molar-refractivity contribution < 1.29 is 26.4 Å². The molecule has 0 unspecified atom stereocenters. The molecule has 2 aromatic rings. The fourth-order valence-corrected chi connectivity index (χ4v) is 5.71. The van der Waals surface area contributed by atoms with Crippen LogP contribution >= 0.6 is 0 Å². The summed E-state index contributed by atoms with van der Waals surface area (Å²) < 4.78 is 58.9. The van der Waals surface area contributed by atoms with Crippen LogP contribution in [0, 0.1) is 0 Å². The van der Waals surface area contributed by atoms with E-state index in [0.29, 0.717) is 13.1 Å². The van der Waals surface area contributed by atoms with Crippen LogP contribution in [0.5, 0.6) is 5.75 Å². The Bertz CT molecular complexity index is 1190. The number of piperidine rings is 1. The van der Waals surface area contributed by atoms with Gasteiger partial charge in [-0.2, -0.15) is 4.31 Å². The average Bonchev–Trinajstić information content (AvgIpc) is 2.79. The van der Waals surface area contributed by atoms with E-state index in [1.807, 2.05) is 0 Å². The van der Waals surface area contributed by atoms with Crippen molar-refractivity contribution in [2.24, 2.45) is 0 Å². The SMILES string of the molecule is CCS(=O)(=O)Nc1cccc(C(=O)Nc2ccc(OC)c(S(=O)(=O)N3CCCCC3)c2)c1. The normalized spacial score (nSPS) is 15.2. The Morgan fingerprint density at radius 2 is 1.72 bits per heavy atom. The van der Waals surface area contributed by atoms with Crippen molar-refractivity contribution in [3.05, 3.63) is 48.0 Å². The third kappa shape index (κ3) is 5.59. The number of hydrogen-bond donors (Lipinski definition) is 2. The van der Waals surface area contributed by atoms with E-state index in [4.69, 9.17) is 4.74 Å². The molecule has 11 heteroatoms. The maximum Gasteiger partial charge on any atom is 0.255 e. The molecule has 1 amide bonds. The van der Waals surface area contributed by atoms with Gasteiger partial charge in [0.05, 0.1) is 12.9 Å². The quantitative estimate of drug-likeness (QED) is 0.598. The van der Waals surface area contributed by atoms with Gasteiger partial charge in [0.2, 0.25) is 20.0 Å². The molecule has 3 rings (SSSR count). The van der Waals surface area contributed by atoms with Gasteiger partial charge >= 0.3 is 0 Å². The summed E-state index contributed by atoms with van der Waals surface area (Å²) in [6.07, 6.45) is 2.60. The molecular formula is C21H27N3O6S2. The molecule has 0 aromatic heterocycles. The maximum atomic E-state index is 13.1. The van der Waals surface area contributed by atoms with Crippen molar-refractivity contribution in [3.8, 4) is 5.75 Å². The monoisotopic (exact) mass is 481 g/mol. The molecule has 32 heavy (non-hydrogen) atoms. The molecule has 0 bridgehead atoms. The maximum absolute atomic E-state index is 13.1. The molecular weight excluding hydrogens is 454 g/mol. The number of ether oxygens (including phenoxy) is 1. The molecule has 9 nitrogen and oxygen atoms in total. The fraction of sp³-hybridized carbons (Fsp3) is 0.381. The summed E-state index contributed by atoms with van der Waals surface area (Å²) in [7, 11) is -5.86. The summed E-state index contributed by atoms with van der Waals surface area (Å²) in [6, 6.07) is 10.5. The number of methoxy groups -OCH3 is 1. The number of carbonyl (C=O) groups is 1. The van der Waals surface area contributed by atoms with E-state index in [1.54, 1.807) is 18.2 Å². The number of carbonyl (C=O) groups excluding carboxylic acids is 1. The highest BCUT2D eigenvalue weighted by molar-refractivity contribution is 7.92. The van der Waals surface area contributed by atoms with E-state index >= 15 is 0 Å². The largest absolute Gasteiger partial charge is 0.495 e. The van der Waals surface area contributed by atoms with Crippen molar-refractivity contribution in [3.63, 3.8) is 0 Å². The van der Waals surface area contributed by atoms with Gasteiger partial charge in [-0.3, -0.25) is 9.52 Å². The van der Waals surface area contributed by atoms with E-state index in [-0.39, 0.29) is 33.3 Å². The molecule has 0 spiro atoms. The van der Waals surface area contributed by atoms with Crippen LogP contribution in [-0.2, 0) is 20.0 Å². The second-order valence-corrected chi connectivity index (χ2v) is 11.3. The van der Waals surface area contributed by atoms with Crippen LogP contribution in [0.3, 0.4) is 0 Å². The first kappa shape index (κ1) is 24.0. The summed E-state index contributed by atoms with van der Waals surface area (Å²) in [6.45, 7) is 2.41. The molecule has 1 fully saturated rings. The highest BCUT2D eigenvalue weighted by Crippen LogP contribution is 2.31. The molecule has 2 N–H and O–H groups in total. The highest BCUT2D eigenvalue weighted by atomic mass is 32.2. The molecule has 0 saturated carbocycles. The number of sulfonamides is 2. The van der Waals surface area contributed by atoms with Crippen molar-refractivity contribution in [1.29, 1.82) is 0 Å². The Morgan fingerprint density at radius 1 is 1.00 bits per heavy atom. The zero-order chi connectivity index (χ0) is 23.4. The first-order valence-electron chi connectivity index (χ1n) is 10.3. The summed E-state index contributed by atoms with van der Waals surface area (Å²) in [4.78, 5) is 12.7. The molecule has 1 aliphatic heterocycles. The van der Waals surface area contributed by atoms with Gasteiger partial charge in [-0.15, -0.1) is 0 Å². The number of nitrogens with zero attached hydrogens (tertiary/aromatic N) is 1. The highest BCUT2D eigenvalue weighted by Gasteiger charge is 2.29. The van der Waals surface area contributed by atoms with E-state index in [2.05, 4.69) is 10.0 Å². The van der Waals surface area contributed by atoms with E-state index in [9.17, 15) is 21.6 Å². The Balaban J connectivity index is 1.85. The number of amides is 1. The van der Waals surface area contributed by atoms with Gasteiger partial charge in [-0.1, -0.05) is 12.5 Å². The minimum absolute atomic E-state index is 0.0100. The van der Waals surface area contributed by atoms with Crippen LogP contribution in [0.25, 0.3) is 0 Å². The number of nitrogens with one attached hydrogen (secondary N) is 2. The van der Waals surface area contributed by atoms with Crippen LogP contribution in [0.4, 0.5) is 11.4 Å². The lowest BCUT2D eigenvalue weighted by atomic mass is 10.2. The summed E-state index contributed by atoms with van der Waals surface area (Å²) in [5, 5.41) is 2.67. The number of benzene rings is 2. The average molecular weight is 482 g/mol. The second-order valence-electron chi connectivity index (χ2n) is 7.37. The standard InChI is InChI=1S/C21H27N3O6S2/c1-3-31(26,27)23-18-9-7-8-16(14-18)21(25)22-17-10-11-19(30-2)20(15-17)32(28,29)24-12-5-4-6-13-24/h7-11,14-15,23H,3-6,12-13H2,1-2H3,(H,22,25). The fourth-order valence-electron chi connectivity index (χ4n) is 3.38. The molecule has 1 heterocycles. The summed E-state index contributed by atoms with van der Waals surface area (Å²) in [5.41, 5.74) is 0.770. The van der Waals surface area contributed by atoms with Gasteiger partial charge < -0.3 is 10.1 Å². The van der Waals surface area contributed by atoms with Crippen LogP contribution < -0.4 is 14.8 Å². The molecule has 2 aromatic carbocycles. The van der Waals surface area contributed by atoms with Gasteiger partial charge in [0.15, 0.2) is 0 Å². The molecule has 0 radical (unpaired) electrons. The lowest BCUT2D eigenvalue weighted by Crippen LogP contribution is -2.35. The zero-order valence-corrected chi connectivity index (χ0v) is 19.6. The topological polar surface area (TPSA) is 122 Å². The molecule has 0 atom stereocenters. The molecule has 174 valence electrons. The van der Waals surface area contributed by atoms with Crippen LogP contribution in [0.2, 0.25) is 0 Å². The number of rotatable bonds is 8. The van der Waals surface area contributed by atoms with E-state index in [0.717, 1.165) is 19.3 Å². The third-order valence-corrected chi connectivity index (χ3v) is 8.36. The molecule has 1 aliphatic rings. The van der Waals surface area contributed by atoms with Crippen molar-refractivity contribution in [2.75, 3.05) is 36.0 Å². The van der Waals surface area contributed by atoms with E-state index < -0.39 is 26.0 Å². The number of hydrogen-bond acceptors (Lipinski definition) is 6. The smallest absolute Gasteiger partial charge is 0.255 e. The Kier molecular flexibility index (Phi) is 7.42. The van der Waals surface area contributed by atoms with Gasteiger partial charge in [-0.25, -0.2) is 16.8 Å². The second kappa shape index (κ2) is 9.88. The Labute approximate surface area is 188 Å². The predicted molar refractivity (Wildman–Crippen MR) is 123 cm³/mol. The van der Waals surface area contributed by atoms with Crippen LogP contribution in [-0.4, -0.2) is 53.0 Å². The lowest BCUT2D eigenvalue weighted by Gasteiger charge is -2.26. The first-order chi connectivity index (χ1) is 15.2. The third-order valence-electron chi connectivity index (χ3n) is 5.13. The van der Waals surface area contributed by atoms with Crippen LogP contribution in [0.1, 0.15) is 36.5 Å². The summed E-state index contributed by atoms with van der Waals surface area (Å²) in [5.74, 6) is -0.401. The van der Waals surface area contributed by atoms with Gasteiger partial charge in [-0.05, 0) is 56.2 Å². The molecule has 0 aliphatic carbocycles. The van der Waals surface area contributed by atoms with Crippen LogP contribution in [0.15, 0.2) is 47.4 Å². The van der Waals surface area contributed by atoms with Crippen molar-refractivity contribution >= 4 is 37.3 Å². The predicted octanol–water partition coefficient (Wildman–Crippen LogP) is 2.88. The van der Waals surface area contributed by atoms with Gasteiger partial charge in [0, 0.05) is 30.0 Å². The number of anilines is 2. The van der Waals surface area contributed by atoms with Gasteiger partial charge in [0.25, 0.3) is 5.91 Å². The Hall–Kier alpha value is -2.63. The van der Waals surface area contributed by atoms with Crippen molar-refractivity contribution in [2.45, 2.75) is 31.1 Å². The minimum Gasteiger partial charge on any atom is -0.495 e. The summed E-state index contributed by atoms with van der Waals surface area (Å²) >= 11 is 0. The first-order valence-corrected chi connectivity index (χ1v) is 13.4. The Morgan fingerprint density at radius 3 is 2.38 bits per heavy atom.